The molecular weight excluding hydrogens is 216 g/mol. The largest absolute Gasteiger partial charge is 0.371 e. The summed E-state index contributed by atoms with van der Waals surface area (Å²) < 4.78 is 5.38. The van der Waals surface area contributed by atoms with Crippen molar-refractivity contribution in [1.82, 2.24) is 9.97 Å². The average molecular weight is 238 g/mol. The normalized spacial score (nSPS) is 12.0. The minimum absolute atomic E-state index is 0.320. The van der Waals surface area contributed by atoms with E-state index >= 15 is 0 Å². The SMILES string of the molecule is COC(C)(C)c1nc(C)c(C(C)C)c(NN)n1. The maximum Gasteiger partial charge on any atom is 0.162 e. The lowest BCUT2D eigenvalue weighted by Crippen LogP contribution is -2.26. The number of hydrogen-bond acceptors (Lipinski definition) is 5. The van der Waals surface area contributed by atoms with Crippen LogP contribution < -0.4 is 11.3 Å². The number of aromatic nitrogens is 2. The number of hydrazine groups is 1. The maximum absolute atomic E-state index is 5.53. The molecule has 0 fully saturated rings. The number of nitrogen functional groups attached to an aromatic ring is 1. The van der Waals surface area contributed by atoms with Crippen molar-refractivity contribution >= 4 is 5.82 Å². The molecule has 1 rings (SSSR count). The summed E-state index contributed by atoms with van der Waals surface area (Å²) in [6.07, 6.45) is 0. The molecule has 0 bridgehead atoms. The Balaban J connectivity index is 3.37. The van der Waals surface area contributed by atoms with Crippen molar-refractivity contribution in [3.05, 3.63) is 17.1 Å². The monoisotopic (exact) mass is 238 g/mol. The first-order valence-corrected chi connectivity index (χ1v) is 5.74. The van der Waals surface area contributed by atoms with Crippen LogP contribution in [0.1, 0.15) is 50.7 Å². The average Bonchev–Trinajstić information content (AvgIpc) is 2.27. The van der Waals surface area contributed by atoms with Crippen molar-refractivity contribution in [2.24, 2.45) is 5.84 Å². The second-order valence-corrected chi connectivity index (χ2v) is 4.91. The number of ether oxygens (including phenoxy) is 1. The van der Waals surface area contributed by atoms with Gasteiger partial charge in [-0.25, -0.2) is 15.8 Å². The van der Waals surface area contributed by atoms with Gasteiger partial charge < -0.3 is 10.2 Å². The summed E-state index contributed by atoms with van der Waals surface area (Å²) in [7, 11) is 1.64. The van der Waals surface area contributed by atoms with E-state index < -0.39 is 5.60 Å². The molecule has 96 valence electrons. The van der Waals surface area contributed by atoms with Gasteiger partial charge in [0.05, 0.1) is 0 Å². The molecule has 0 aliphatic heterocycles. The van der Waals surface area contributed by atoms with E-state index in [1.54, 1.807) is 7.11 Å². The van der Waals surface area contributed by atoms with E-state index in [1.165, 1.54) is 0 Å². The van der Waals surface area contributed by atoms with Crippen molar-refractivity contribution in [2.45, 2.75) is 46.1 Å². The fourth-order valence-electron chi connectivity index (χ4n) is 1.74. The highest BCUT2D eigenvalue weighted by molar-refractivity contribution is 5.47. The molecule has 0 atom stereocenters. The van der Waals surface area contributed by atoms with Gasteiger partial charge in [0.25, 0.3) is 0 Å². The van der Waals surface area contributed by atoms with Crippen LogP contribution in [0, 0.1) is 6.92 Å². The summed E-state index contributed by atoms with van der Waals surface area (Å²) in [4.78, 5) is 8.96. The van der Waals surface area contributed by atoms with Gasteiger partial charge in [-0.3, -0.25) is 0 Å². The molecule has 1 heterocycles. The number of nitrogens with zero attached hydrogens (tertiary/aromatic N) is 2. The molecule has 0 radical (unpaired) electrons. The number of methoxy groups -OCH3 is 1. The van der Waals surface area contributed by atoms with Crippen LogP contribution in [0.25, 0.3) is 0 Å². The van der Waals surface area contributed by atoms with E-state index in [-0.39, 0.29) is 0 Å². The van der Waals surface area contributed by atoms with E-state index in [1.807, 2.05) is 20.8 Å². The van der Waals surface area contributed by atoms with Gasteiger partial charge in [-0.1, -0.05) is 13.8 Å². The molecule has 0 aliphatic rings. The summed E-state index contributed by atoms with van der Waals surface area (Å²) in [6.45, 7) is 10.0. The van der Waals surface area contributed by atoms with Gasteiger partial charge in [0.1, 0.15) is 11.4 Å². The van der Waals surface area contributed by atoms with E-state index in [2.05, 4.69) is 29.2 Å². The van der Waals surface area contributed by atoms with Gasteiger partial charge in [-0.15, -0.1) is 0 Å². The molecule has 0 aromatic carbocycles. The molecule has 0 saturated carbocycles. The Morgan fingerprint density at radius 1 is 1.29 bits per heavy atom. The minimum atomic E-state index is -0.522. The second-order valence-electron chi connectivity index (χ2n) is 4.91. The number of anilines is 1. The zero-order valence-corrected chi connectivity index (χ0v) is 11.5. The molecule has 0 spiro atoms. The predicted octanol–water partition coefficient (Wildman–Crippen LogP) is 2.08. The van der Waals surface area contributed by atoms with Gasteiger partial charge in [-0.05, 0) is 26.7 Å². The van der Waals surface area contributed by atoms with Crippen LogP contribution in [0.3, 0.4) is 0 Å². The van der Waals surface area contributed by atoms with Crippen molar-refractivity contribution in [3.63, 3.8) is 0 Å². The number of aryl methyl sites for hydroxylation is 1. The first-order valence-electron chi connectivity index (χ1n) is 5.74. The summed E-state index contributed by atoms with van der Waals surface area (Å²) in [5.41, 5.74) is 4.10. The number of nitrogens with two attached hydrogens (primary N) is 1. The van der Waals surface area contributed by atoms with Crippen molar-refractivity contribution in [3.8, 4) is 0 Å². The Morgan fingerprint density at radius 2 is 1.88 bits per heavy atom. The molecule has 1 aromatic heterocycles. The van der Waals surface area contributed by atoms with Crippen molar-refractivity contribution in [1.29, 1.82) is 0 Å². The van der Waals surface area contributed by atoms with Crippen LogP contribution >= 0.6 is 0 Å². The Hall–Kier alpha value is -1.20. The molecule has 5 heteroatoms. The van der Waals surface area contributed by atoms with Crippen LogP contribution in [0.2, 0.25) is 0 Å². The standard InChI is InChI=1S/C12H22N4O/c1-7(2)9-8(3)14-11(12(4,5)17-6)15-10(9)16-13/h7H,13H2,1-6H3,(H,14,15,16). The first kappa shape index (κ1) is 13.9. The highest BCUT2D eigenvalue weighted by atomic mass is 16.5. The fourth-order valence-corrected chi connectivity index (χ4v) is 1.74. The van der Waals surface area contributed by atoms with E-state index in [9.17, 15) is 0 Å². The fraction of sp³-hybridized carbons (Fsp3) is 0.667. The van der Waals surface area contributed by atoms with E-state index in [0.717, 1.165) is 11.3 Å². The van der Waals surface area contributed by atoms with Crippen molar-refractivity contribution in [2.75, 3.05) is 12.5 Å². The highest BCUT2D eigenvalue weighted by Crippen LogP contribution is 2.28. The lowest BCUT2D eigenvalue weighted by Gasteiger charge is -2.24. The summed E-state index contributed by atoms with van der Waals surface area (Å²) in [5.74, 6) is 7.16. The maximum atomic E-state index is 5.53. The molecule has 5 nitrogen and oxygen atoms in total. The minimum Gasteiger partial charge on any atom is -0.371 e. The molecule has 0 saturated heterocycles. The van der Waals surface area contributed by atoms with Crippen molar-refractivity contribution < 1.29 is 4.74 Å². The van der Waals surface area contributed by atoms with Crippen LogP contribution in [0.4, 0.5) is 5.82 Å². The van der Waals surface area contributed by atoms with Gasteiger partial charge in [0.2, 0.25) is 0 Å². The van der Waals surface area contributed by atoms with Crippen LogP contribution in [-0.4, -0.2) is 17.1 Å². The van der Waals surface area contributed by atoms with Crippen LogP contribution in [0.5, 0.6) is 0 Å². The quantitative estimate of drug-likeness (QED) is 0.620. The van der Waals surface area contributed by atoms with E-state index in [4.69, 9.17) is 10.6 Å². The van der Waals surface area contributed by atoms with Crippen LogP contribution in [-0.2, 0) is 10.3 Å². The first-order chi connectivity index (χ1) is 7.83. The van der Waals surface area contributed by atoms with Gasteiger partial charge in [0, 0.05) is 18.4 Å². The third kappa shape index (κ3) is 2.73. The third-order valence-electron chi connectivity index (χ3n) is 2.90. The summed E-state index contributed by atoms with van der Waals surface area (Å²) >= 11 is 0. The van der Waals surface area contributed by atoms with E-state index in [0.29, 0.717) is 17.6 Å². The third-order valence-corrected chi connectivity index (χ3v) is 2.90. The zero-order chi connectivity index (χ0) is 13.2. The number of rotatable bonds is 4. The highest BCUT2D eigenvalue weighted by Gasteiger charge is 2.26. The molecule has 17 heavy (non-hydrogen) atoms. The molecule has 3 N–H and O–H groups in total. The lowest BCUT2D eigenvalue weighted by molar-refractivity contribution is 0.0114. The number of nitrogens with one attached hydrogen (secondary N) is 1. The topological polar surface area (TPSA) is 73.1 Å². The molecule has 1 aromatic rings. The predicted molar refractivity (Wildman–Crippen MR) is 68.7 cm³/mol. The molecular formula is C12H22N4O. The Labute approximate surface area is 103 Å². The van der Waals surface area contributed by atoms with Gasteiger partial charge in [-0.2, -0.15) is 0 Å². The second kappa shape index (κ2) is 4.98. The zero-order valence-electron chi connectivity index (χ0n) is 11.5. The van der Waals surface area contributed by atoms with Gasteiger partial charge in [0.15, 0.2) is 5.82 Å². The Kier molecular flexibility index (Phi) is 4.06. The summed E-state index contributed by atoms with van der Waals surface area (Å²) in [5, 5.41) is 0. The lowest BCUT2D eigenvalue weighted by atomic mass is 10.0. The molecule has 0 amide bonds. The van der Waals surface area contributed by atoms with Crippen LogP contribution in [0.15, 0.2) is 0 Å². The summed E-state index contributed by atoms with van der Waals surface area (Å²) in [6, 6.07) is 0. The Morgan fingerprint density at radius 3 is 2.29 bits per heavy atom. The smallest absolute Gasteiger partial charge is 0.162 e. The van der Waals surface area contributed by atoms with Gasteiger partial charge >= 0.3 is 0 Å². The Bertz CT molecular complexity index is 402. The molecule has 0 unspecified atom stereocenters. The number of hydrogen-bond donors (Lipinski definition) is 2. The molecule has 0 aliphatic carbocycles.